The van der Waals surface area contributed by atoms with Gasteiger partial charge in [0.15, 0.2) is 0 Å². The Morgan fingerprint density at radius 1 is 1.20 bits per heavy atom. The van der Waals surface area contributed by atoms with Crippen LogP contribution < -0.4 is 15.0 Å². The quantitative estimate of drug-likeness (QED) is 0.804. The summed E-state index contributed by atoms with van der Waals surface area (Å²) in [7, 11) is 3.20. The van der Waals surface area contributed by atoms with Crippen LogP contribution in [0.5, 0.6) is 5.75 Å². The van der Waals surface area contributed by atoms with Crippen molar-refractivity contribution in [3.63, 3.8) is 0 Å². The molecule has 1 aliphatic heterocycles. The van der Waals surface area contributed by atoms with Crippen molar-refractivity contribution >= 4 is 23.2 Å². The molecule has 3 rings (SSSR count). The zero-order valence-corrected chi connectivity index (χ0v) is 16.6. The van der Waals surface area contributed by atoms with Gasteiger partial charge in [-0.3, -0.25) is 19.4 Å². The fourth-order valence-corrected chi connectivity index (χ4v) is 3.40. The maximum Gasteiger partial charge on any atom is 0.409 e. The minimum absolute atomic E-state index is 0.0357. The molecular formula is C21H22F3N3O3. The second-order valence-corrected chi connectivity index (χ2v) is 7.11. The van der Waals surface area contributed by atoms with E-state index in [1.807, 2.05) is 12.1 Å². The molecule has 0 fully saturated rings. The van der Waals surface area contributed by atoms with Crippen molar-refractivity contribution in [1.82, 2.24) is 4.90 Å². The third-order valence-electron chi connectivity index (χ3n) is 4.79. The number of hydrogen-bond donors (Lipinski definition) is 1. The number of hydrogen-bond acceptors (Lipinski definition) is 4. The fourth-order valence-electron chi connectivity index (χ4n) is 3.40. The highest BCUT2D eigenvalue weighted by molar-refractivity contribution is 6.05. The van der Waals surface area contributed by atoms with Crippen molar-refractivity contribution in [3.05, 3.63) is 54.1 Å². The first kappa shape index (κ1) is 21.6. The first-order chi connectivity index (χ1) is 14.2. The zero-order chi connectivity index (χ0) is 21.9. The number of nitrogens with zero attached hydrogens (tertiary/aromatic N) is 2. The highest BCUT2D eigenvalue weighted by Gasteiger charge is 2.49. The Balaban J connectivity index is 1.84. The van der Waals surface area contributed by atoms with E-state index in [4.69, 9.17) is 4.74 Å². The molecule has 0 bridgehead atoms. The van der Waals surface area contributed by atoms with Crippen LogP contribution in [-0.2, 0) is 16.1 Å². The lowest BCUT2D eigenvalue weighted by Crippen LogP contribution is -2.52. The Bertz CT molecular complexity index is 916. The first-order valence-corrected chi connectivity index (χ1v) is 9.28. The van der Waals surface area contributed by atoms with Crippen molar-refractivity contribution in [2.45, 2.75) is 25.2 Å². The van der Waals surface area contributed by atoms with E-state index in [9.17, 15) is 22.8 Å². The molecule has 0 spiro atoms. The molecule has 0 saturated carbocycles. The van der Waals surface area contributed by atoms with Gasteiger partial charge >= 0.3 is 6.18 Å². The Labute approximate surface area is 172 Å². The SMILES string of the molecule is COc1ccc(CN(C)CC(=O)N2c3ccccc3NC(=O)C[C@@H]2C(F)(F)F)cc1. The summed E-state index contributed by atoms with van der Waals surface area (Å²) < 4.78 is 46.4. The minimum Gasteiger partial charge on any atom is -0.497 e. The number of likely N-dealkylation sites (N-methyl/N-ethyl adjacent to an activating group) is 1. The summed E-state index contributed by atoms with van der Waals surface area (Å²) in [6.45, 7) is 0.111. The Morgan fingerprint density at radius 3 is 2.50 bits per heavy atom. The van der Waals surface area contributed by atoms with Crippen LogP contribution in [-0.4, -0.2) is 49.6 Å². The number of amides is 2. The molecule has 0 saturated heterocycles. The number of carbonyl (C=O) groups excluding carboxylic acids is 2. The number of ether oxygens (including phenoxy) is 1. The third-order valence-corrected chi connectivity index (χ3v) is 4.79. The van der Waals surface area contributed by atoms with Gasteiger partial charge in [-0.2, -0.15) is 13.2 Å². The molecular weight excluding hydrogens is 399 g/mol. The van der Waals surface area contributed by atoms with Crippen LogP contribution in [0.2, 0.25) is 0 Å². The van der Waals surface area contributed by atoms with Crippen LogP contribution in [0.1, 0.15) is 12.0 Å². The normalized spacial score (nSPS) is 16.7. The van der Waals surface area contributed by atoms with Gasteiger partial charge in [0.05, 0.1) is 31.5 Å². The maximum atomic E-state index is 13.8. The molecule has 2 aromatic rings. The molecule has 6 nitrogen and oxygen atoms in total. The van der Waals surface area contributed by atoms with Gasteiger partial charge in [-0.1, -0.05) is 24.3 Å². The fraction of sp³-hybridized carbons (Fsp3) is 0.333. The molecule has 0 radical (unpaired) electrons. The van der Waals surface area contributed by atoms with Gasteiger partial charge in [0.1, 0.15) is 11.8 Å². The predicted octanol–water partition coefficient (Wildman–Crippen LogP) is 3.43. The Hall–Kier alpha value is -3.07. The highest BCUT2D eigenvalue weighted by Crippen LogP contribution is 2.37. The first-order valence-electron chi connectivity index (χ1n) is 9.28. The summed E-state index contributed by atoms with van der Waals surface area (Å²) in [6, 6.07) is 11.0. The van der Waals surface area contributed by atoms with E-state index in [1.54, 1.807) is 37.3 Å². The van der Waals surface area contributed by atoms with Crippen molar-refractivity contribution in [2.24, 2.45) is 0 Å². The summed E-state index contributed by atoms with van der Waals surface area (Å²) in [4.78, 5) is 27.3. The molecule has 0 aromatic heterocycles. The summed E-state index contributed by atoms with van der Waals surface area (Å²) in [5, 5.41) is 2.45. The van der Waals surface area contributed by atoms with E-state index in [2.05, 4.69) is 5.32 Å². The molecule has 2 amide bonds. The highest BCUT2D eigenvalue weighted by atomic mass is 19.4. The van der Waals surface area contributed by atoms with Crippen LogP contribution in [0.15, 0.2) is 48.5 Å². The summed E-state index contributed by atoms with van der Waals surface area (Å²) in [5.41, 5.74) is 1.10. The number of carbonyl (C=O) groups is 2. The van der Waals surface area contributed by atoms with Gasteiger partial charge in [0, 0.05) is 6.54 Å². The van der Waals surface area contributed by atoms with Gasteiger partial charge in [0.2, 0.25) is 11.8 Å². The van der Waals surface area contributed by atoms with Crippen molar-refractivity contribution < 1.29 is 27.5 Å². The van der Waals surface area contributed by atoms with Crippen LogP contribution in [0.3, 0.4) is 0 Å². The molecule has 1 N–H and O–H groups in total. The van der Waals surface area contributed by atoms with Gasteiger partial charge in [-0.05, 0) is 36.9 Å². The summed E-state index contributed by atoms with van der Waals surface area (Å²) in [5.74, 6) is -0.840. The Morgan fingerprint density at radius 2 is 1.87 bits per heavy atom. The molecule has 0 aliphatic carbocycles. The van der Waals surface area contributed by atoms with E-state index >= 15 is 0 Å². The molecule has 160 valence electrons. The largest absolute Gasteiger partial charge is 0.497 e. The number of alkyl halides is 3. The van der Waals surface area contributed by atoms with E-state index in [-0.39, 0.29) is 17.9 Å². The number of fused-ring (bicyclic) bond motifs is 1. The smallest absolute Gasteiger partial charge is 0.409 e. The van der Waals surface area contributed by atoms with Crippen LogP contribution in [0.25, 0.3) is 0 Å². The van der Waals surface area contributed by atoms with Gasteiger partial charge < -0.3 is 10.1 Å². The number of benzene rings is 2. The topological polar surface area (TPSA) is 61.9 Å². The molecule has 1 aliphatic rings. The third kappa shape index (κ3) is 4.91. The van der Waals surface area contributed by atoms with Crippen molar-refractivity contribution in [2.75, 3.05) is 30.9 Å². The monoisotopic (exact) mass is 421 g/mol. The standard InChI is InChI=1S/C21H22F3N3O3/c1-26(12-14-7-9-15(30-2)10-8-14)13-20(29)27-17-6-4-3-5-16(17)25-19(28)11-18(27)21(22,23)24/h3-10,18H,11-13H2,1-2H3,(H,25,28)/t18-/m1/s1. The molecule has 30 heavy (non-hydrogen) atoms. The van der Waals surface area contributed by atoms with Crippen LogP contribution >= 0.6 is 0 Å². The second-order valence-electron chi connectivity index (χ2n) is 7.11. The molecule has 2 aromatic carbocycles. The Kier molecular flexibility index (Phi) is 6.31. The minimum atomic E-state index is -4.75. The van der Waals surface area contributed by atoms with E-state index in [0.29, 0.717) is 17.2 Å². The number of halogens is 3. The van der Waals surface area contributed by atoms with Gasteiger partial charge in [-0.15, -0.1) is 0 Å². The molecule has 1 atom stereocenters. The van der Waals surface area contributed by atoms with Crippen molar-refractivity contribution in [1.29, 1.82) is 0 Å². The van der Waals surface area contributed by atoms with Crippen molar-refractivity contribution in [3.8, 4) is 5.75 Å². The predicted molar refractivity (Wildman–Crippen MR) is 106 cm³/mol. The van der Waals surface area contributed by atoms with E-state index in [0.717, 1.165) is 5.56 Å². The number of para-hydroxylation sites is 2. The lowest BCUT2D eigenvalue weighted by atomic mass is 10.1. The zero-order valence-electron chi connectivity index (χ0n) is 16.6. The average molecular weight is 421 g/mol. The second kappa shape index (κ2) is 8.74. The van der Waals surface area contributed by atoms with E-state index in [1.165, 1.54) is 18.2 Å². The van der Waals surface area contributed by atoms with E-state index < -0.39 is 30.5 Å². The van der Waals surface area contributed by atoms with Gasteiger partial charge in [-0.25, -0.2) is 0 Å². The average Bonchev–Trinajstić information content (AvgIpc) is 2.84. The number of nitrogens with one attached hydrogen (secondary N) is 1. The molecule has 0 unspecified atom stereocenters. The maximum absolute atomic E-state index is 13.8. The van der Waals surface area contributed by atoms with Crippen LogP contribution in [0.4, 0.5) is 24.5 Å². The molecule has 9 heteroatoms. The number of rotatable bonds is 5. The number of methoxy groups -OCH3 is 1. The lowest BCUT2D eigenvalue weighted by Gasteiger charge is -2.33. The lowest BCUT2D eigenvalue weighted by molar-refractivity contribution is -0.158. The number of anilines is 2. The summed E-state index contributed by atoms with van der Waals surface area (Å²) in [6.07, 6.45) is -5.61. The van der Waals surface area contributed by atoms with Gasteiger partial charge in [0.25, 0.3) is 0 Å². The molecule has 1 heterocycles. The summed E-state index contributed by atoms with van der Waals surface area (Å²) >= 11 is 0. The van der Waals surface area contributed by atoms with Crippen LogP contribution in [0, 0.1) is 0 Å².